The number of hydrogen-bond acceptors (Lipinski definition) is 11. The molecule has 3 aliphatic rings. The summed E-state index contributed by atoms with van der Waals surface area (Å²) in [6.45, 7) is 10.7. The summed E-state index contributed by atoms with van der Waals surface area (Å²) >= 11 is 0. The van der Waals surface area contributed by atoms with E-state index in [9.17, 15) is 38.4 Å². The first-order valence-electron chi connectivity index (χ1n) is 17.1. The molecule has 0 saturated carbocycles. The van der Waals surface area contributed by atoms with E-state index in [2.05, 4.69) is 58.8 Å². The Morgan fingerprint density at radius 3 is 1.49 bits per heavy atom. The number of aliphatic carboxylic acids is 1. The van der Waals surface area contributed by atoms with Crippen LogP contribution in [0, 0.1) is 0 Å². The van der Waals surface area contributed by atoms with Gasteiger partial charge < -0.3 is 31.2 Å². The van der Waals surface area contributed by atoms with Crippen LogP contribution in [0.1, 0.15) is 91.9 Å². The first kappa shape index (κ1) is 41.1. The molecule has 0 radical (unpaired) electrons. The number of nitrogens with zero attached hydrogens (tertiary/aromatic N) is 3. The topological polar surface area (TPSA) is 224 Å². The van der Waals surface area contributed by atoms with Crippen molar-refractivity contribution in [3.8, 4) is 0 Å². The maximum atomic E-state index is 12.3. The van der Waals surface area contributed by atoms with Gasteiger partial charge in [-0.2, -0.15) is 0 Å². The van der Waals surface area contributed by atoms with Crippen LogP contribution in [0.25, 0.3) is 0 Å². The third-order valence-electron chi connectivity index (χ3n) is 8.33. The predicted molar refractivity (Wildman–Crippen MR) is 175 cm³/mol. The Morgan fingerprint density at radius 1 is 0.673 bits per heavy atom. The maximum absolute atomic E-state index is 12.3. The number of carbonyl (C=O) groups excluding carboxylic acids is 7. The van der Waals surface area contributed by atoms with Crippen molar-refractivity contribution in [1.29, 1.82) is 0 Å². The quantitative estimate of drug-likeness (QED) is 0.121. The predicted octanol–water partition coefficient (Wildman–Crippen LogP) is -0.565. The first-order chi connectivity index (χ1) is 23.2. The molecule has 0 spiro atoms. The van der Waals surface area contributed by atoms with E-state index in [4.69, 9.17) is 9.94 Å². The summed E-state index contributed by atoms with van der Waals surface area (Å²) in [6, 6.07) is 0.393. The molecule has 2 atom stereocenters. The van der Waals surface area contributed by atoms with E-state index in [1.54, 1.807) is 0 Å². The summed E-state index contributed by atoms with van der Waals surface area (Å²) in [6.07, 6.45) is 3.75. The van der Waals surface area contributed by atoms with Crippen LogP contribution in [0.4, 0.5) is 0 Å². The molecular weight excluding hydrogens is 642 g/mol. The van der Waals surface area contributed by atoms with Crippen molar-refractivity contribution in [1.82, 2.24) is 36.1 Å². The molecule has 17 nitrogen and oxygen atoms in total. The average molecular weight is 696 g/mol. The van der Waals surface area contributed by atoms with Gasteiger partial charge >= 0.3 is 11.9 Å². The lowest BCUT2D eigenvalue weighted by Crippen LogP contribution is -2.46. The molecule has 3 heterocycles. The van der Waals surface area contributed by atoms with Gasteiger partial charge in [-0.3, -0.25) is 43.4 Å². The average Bonchev–Trinajstić information content (AvgIpc) is 3.79. The number of carboxylic acids is 1. The molecule has 0 aliphatic carbocycles. The molecule has 2 unspecified atom stereocenters. The lowest BCUT2D eigenvalue weighted by atomic mass is 10.2. The monoisotopic (exact) mass is 695 g/mol. The Hall–Kier alpha value is -4.12. The molecule has 0 aromatic carbocycles. The third kappa shape index (κ3) is 14.5. The molecule has 3 rings (SSSR count). The third-order valence-corrected chi connectivity index (χ3v) is 8.33. The van der Waals surface area contributed by atoms with E-state index in [0.29, 0.717) is 17.1 Å². The smallest absolute Gasteiger partial charge is 0.334 e. The standard InChI is InChI=1S/C18H28N4O6.C14H25N3O4/c1-12(2)21-11-3-4-13(21)18(27)20-9-7-14(23)19-10-8-17(26)28-22-15(24)5-6-16(22)25;1-10(2)17-9-3-4-11(17)14(21)16-7-5-12(18)15-8-6-13(19)20/h12-13H,3-11H2,1-2H3,(H,19,23)(H,20,27);10-11H,3-9H2,1-2H3,(H,15,18)(H,16,21)(H,19,20). The molecule has 5 N–H and O–H groups in total. The van der Waals surface area contributed by atoms with Crippen LogP contribution in [-0.2, 0) is 43.2 Å². The zero-order valence-corrected chi connectivity index (χ0v) is 29.1. The summed E-state index contributed by atoms with van der Waals surface area (Å²) in [4.78, 5) is 101. The molecule has 276 valence electrons. The van der Waals surface area contributed by atoms with Crippen LogP contribution in [0.2, 0.25) is 0 Å². The first-order valence-corrected chi connectivity index (χ1v) is 17.1. The van der Waals surface area contributed by atoms with Crippen molar-refractivity contribution in [2.45, 2.75) is 116 Å². The summed E-state index contributed by atoms with van der Waals surface area (Å²) in [7, 11) is 0. The Labute approximate surface area is 287 Å². The van der Waals surface area contributed by atoms with E-state index >= 15 is 0 Å². The number of imide groups is 1. The number of rotatable bonds is 17. The zero-order valence-electron chi connectivity index (χ0n) is 29.1. The normalized spacial score (nSPS) is 19.4. The lowest BCUT2D eigenvalue weighted by Gasteiger charge is -2.27. The second-order valence-electron chi connectivity index (χ2n) is 12.7. The lowest BCUT2D eigenvalue weighted by molar-refractivity contribution is -0.197. The minimum Gasteiger partial charge on any atom is -0.481 e. The van der Waals surface area contributed by atoms with E-state index in [1.165, 1.54) is 0 Å². The van der Waals surface area contributed by atoms with Gasteiger partial charge in [-0.1, -0.05) is 0 Å². The Morgan fingerprint density at radius 2 is 1.08 bits per heavy atom. The number of likely N-dealkylation sites (tertiary alicyclic amines) is 2. The second-order valence-corrected chi connectivity index (χ2v) is 12.7. The Balaban J connectivity index is 0.000000355. The van der Waals surface area contributed by atoms with Crippen LogP contribution in [0.5, 0.6) is 0 Å². The Bertz CT molecular complexity index is 1180. The maximum Gasteiger partial charge on any atom is 0.334 e. The van der Waals surface area contributed by atoms with Gasteiger partial charge in [0.15, 0.2) is 0 Å². The van der Waals surface area contributed by atoms with Crippen molar-refractivity contribution in [2.75, 3.05) is 39.3 Å². The van der Waals surface area contributed by atoms with Gasteiger partial charge in [0, 0.05) is 63.9 Å². The van der Waals surface area contributed by atoms with E-state index in [1.807, 2.05) is 0 Å². The van der Waals surface area contributed by atoms with Crippen molar-refractivity contribution in [3.05, 3.63) is 0 Å². The fourth-order valence-corrected chi connectivity index (χ4v) is 5.81. The largest absolute Gasteiger partial charge is 0.481 e. The molecule has 17 heteroatoms. The van der Waals surface area contributed by atoms with E-state index in [0.717, 1.165) is 38.8 Å². The number of carboxylic acid groups (broad SMARTS) is 1. The molecule has 0 aromatic heterocycles. The fourth-order valence-electron chi connectivity index (χ4n) is 5.81. The van der Waals surface area contributed by atoms with Gasteiger partial charge in [0.1, 0.15) is 0 Å². The van der Waals surface area contributed by atoms with Crippen LogP contribution in [0.3, 0.4) is 0 Å². The second kappa shape index (κ2) is 21.1. The number of hydrogen-bond donors (Lipinski definition) is 5. The summed E-state index contributed by atoms with van der Waals surface area (Å²) in [5, 5.41) is 19.5. The number of carbonyl (C=O) groups is 8. The van der Waals surface area contributed by atoms with Crippen LogP contribution >= 0.6 is 0 Å². The van der Waals surface area contributed by atoms with E-state index in [-0.39, 0.29) is 100 Å². The van der Waals surface area contributed by atoms with Gasteiger partial charge in [0.2, 0.25) is 23.6 Å². The van der Waals surface area contributed by atoms with Gasteiger partial charge in [0.05, 0.1) is 24.9 Å². The van der Waals surface area contributed by atoms with Gasteiger partial charge in [-0.25, -0.2) is 4.79 Å². The number of nitrogens with one attached hydrogen (secondary N) is 4. The SMILES string of the molecule is CC(C)N1CCCC1C(=O)NCCC(=O)NCCC(=O)O.CC(C)N1CCCC1C(=O)NCCC(=O)NCCC(=O)ON1C(=O)CCC1=O. The van der Waals surface area contributed by atoms with Gasteiger partial charge in [-0.15, -0.1) is 5.06 Å². The molecule has 0 aromatic rings. The molecule has 0 bridgehead atoms. The molecule has 6 amide bonds. The summed E-state index contributed by atoms with van der Waals surface area (Å²) in [5.74, 6) is -3.46. The highest BCUT2D eigenvalue weighted by molar-refractivity contribution is 6.01. The summed E-state index contributed by atoms with van der Waals surface area (Å²) in [5.41, 5.74) is 0. The van der Waals surface area contributed by atoms with E-state index < -0.39 is 23.8 Å². The van der Waals surface area contributed by atoms with Crippen LogP contribution < -0.4 is 21.3 Å². The highest BCUT2D eigenvalue weighted by atomic mass is 16.7. The molecule has 3 aliphatic heterocycles. The molecular formula is C32H53N7O10. The fraction of sp³-hybridized carbons (Fsp3) is 0.750. The minimum absolute atomic E-state index is 0.0194. The van der Waals surface area contributed by atoms with Gasteiger partial charge in [-0.05, 0) is 66.5 Å². The van der Waals surface area contributed by atoms with Gasteiger partial charge in [0.25, 0.3) is 11.8 Å². The van der Waals surface area contributed by atoms with Crippen LogP contribution in [0.15, 0.2) is 0 Å². The van der Waals surface area contributed by atoms with Crippen molar-refractivity contribution in [2.24, 2.45) is 0 Å². The molecule has 3 fully saturated rings. The number of hydroxylamine groups is 2. The minimum atomic E-state index is -0.946. The van der Waals surface area contributed by atoms with Crippen molar-refractivity contribution in [3.63, 3.8) is 0 Å². The molecule has 49 heavy (non-hydrogen) atoms. The summed E-state index contributed by atoms with van der Waals surface area (Å²) < 4.78 is 0. The van der Waals surface area contributed by atoms with Crippen LogP contribution in [-0.4, -0.2) is 131 Å². The Kier molecular flexibility index (Phi) is 17.7. The van der Waals surface area contributed by atoms with Crippen molar-refractivity contribution < 1.29 is 48.3 Å². The highest BCUT2D eigenvalue weighted by Crippen LogP contribution is 2.21. The number of amides is 6. The highest BCUT2D eigenvalue weighted by Gasteiger charge is 2.34. The molecule has 3 saturated heterocycles. The van der Waals surface area contributed by atoms with Crippen molar-refractivity contribution >= 4 is 47.4 Å². The zero-order chi connectivity index (χ0) is 36.5.